The predicted octanol–water partition coefficient (Wildman–Crippen LogP) is 4.83. The molecule has 2 heterocycles. The van der Waals surface area contributed by atoms with Crippen LogP contribution in [-0.4, -0.2) is 16.0 Å². The smallest absolute Gasteiger partial charge is 0.293 e. The Kier molecular flexibility index (Phi) is 4.83. The van der Waals surface area contributed by atoms with E-state index < -0.39 is 0 Å². The van der Waals surface area contributed by atoms with Crippen LogP contribution in [-0.2, 0) is 11.3 Å². The van der Waals surface area contributed by atoms with Gasteiger partial charge in [-0.1, -0.05) is 40.2 Å². The zero-order valence-corrected chi connectivity index (χ0v) is 14.3. The molecule has 116 valence electrons. The van der Waals surface area contributed by atoms with Crippen molar-refractivity contribution >= 4 is 44.9 Å². The number of carbonyl (C=O) groups excluding carboxylic acids is 2. The van der Waals surface area contributed by atoms with Gasteiger partial charge in [-0.25, -0.2) is 0 Å². The molecule has 0 atom stereocenters. The minimum absolute atomic E-state index is 0.255. The molecule has 3 rings (SSSR count). The minimum atomic E-state index is -0.278. The Morgan fingerprint density at radius 3 is 2.74 bits per heavy atom. The molecular weight excluding hydrogens is 378 g/mol. The fourth-order valence-corrected chi connectivity index (χ4v) is 3.26. The molecule has 6 heteroatoms. The summed E-state index contributed by atoms with van der Waals surface area (Å²) in [5.41, 5.74) is 0.891. The van der Waals surface area contributed by atoms with Crippen LogP contribution in [0.4, 0.5) is 4.79 Å². The molecule has 1 aliphatic rings. The Morgan fingerprint density at radius 1 is 1.17 bits per heavy atom. The van der Waals surface area contributed by atoms with Crippen LogP contribution >= 0.6 is 27.7 Å². The molecule has 4 nitrogen and oxygen atoms in total. The first kappa shape index (κ1) is 15.8. The Hall–Kier alpha value is -2.05. The topological polar surface area (TPSA) is 50.5 Å². The van der Waals surface area contributed by atoms with Gasteiger partial charge in [0.1, 0.15) is 5.76 Å². The SMILES string of the molecule is O=C1S/C(=C\C=C\c2ccco2)C(=O)N1Cc1ccccc1Br. The summed E-state index contributed by atoms with van der Waals surface area (Å²) in [6.07, 6.45) is 6.65. The van der Waals surface area contributed by atoms with E-state index in [9.17, 15) is 9.59 Å². The van der Waals surface area contributed by atoms with Crippen molar-refractivity contribution < 1.29 is 14.0 Å². The lowest BCUT2D eigenvalue weighted by Crippen LogP contribution is -2.27. The van der Waals surface area contributed by atoms with Crippen LogP contribution in [0.2, 0.25) is 0 Å². The highest BCUT2D eigenvalue weighted by molar-refractivity contribution is 9.10. The summed E-state index contributed by atoms with van der Waals surface area (Å²) < 4.78 is 6.04. The van der Waals surface area contributed by atoms with Crippen LogP contribution in [0, 0.1) is 0 Å². The van der Waals surface area contributed by atoms with Crippen LogP contribution in [0.5, 0.6) is 0 Å². The van der Waals surface area contributed by atoms with Crippen molar-refractivity contribution in [2.45, 2.75) is 6.54 Å². The van der Waals surface area contributed by atoms with Crippen molar-refractivity contribution in [3.63, 3.8) is 0 Å². The first-order valence-corrected chi connectivity index (χ1v) is 8.45. The molecule has 1 saturated heterocycles. The first-order valence-electron chi connectivity index (χ1n) is 6.84. The lowest BCUT2D eigenvalue weighted by Gasteiger charge is -2.13. The van der Waals surface area contributed by atoms with Crippen LogP contribution < -0.4 is 0 Å². The molecule has 1 fully saturated rings. The van der Waals surface area contributed by atoms with Crippen LogP contribution in [0.15, 0.2) is 68.6 Å². The molecule has 2 amide bonds. The third kappa shape index (κ3) is 3.65. The third-order valence-electron chi connectivity index (χ3n) is 3.21. The van der Waals surface area contributed by atoms with Gasteiger partial charge in [0.2, 0.25) is 0 Å². The molecule has 0 unspecified atom stereocenters. The molecule has 1 aromatic carbocycles. The van der Waals surface area contributed by atoms with Gasteiger partial charge in [-0.05, 0) is 47.7 Å². The fraction of sp³-hybridized carbons (Fsp3) is 0.0588. The van der Waals surface area contributed by atoms with Gasteiger partial charge in [-0.3, -0.25) is 14.5 Å². The minimum Gasteiger partial charge on any atom is -0.465 e. The van der Waals surface area contributed by atoms with E-state index in [2.05, 4.69) is 15.9 Å². The van der Waals surface area contributed by atoms with Crippen molar-refractivity contribution in [3.05, 3.63) is 75.5 Å². The number of halogens is 1. The maximum Gasteiger partial charge on any atom is 0.293 e. The largest absolute Gasteiger partial charge is 0.465 e. The lowest BCUT2D eigenvalue weighted by molar-refractivity contribution is -0.123. The van der Waals surface area contributed by atoms with Crippen molar-refractivity contribution in [2.75, 3.05) is 0 Å². The molecule has 1 aliphatic heterocycles. The van der Waals surface area contributed by atoms with Crippen molar-refractivity contribution in [3.8, 4) is 0 Å². The van der Waals surface area contributed by atoms with E-state index in [0.29, 0.717) is 10.7 Å². The highest BCUT2D eigenvalue weighted by Gasteiger charge is 2.34. The summed E-state index contributed by atoms with van der Waals surface area (Å²) in [4.78, 5) is 26.1. The van der Waals surface area contributed by atoms with E-state index in [1.165, 1.54) is 4.90 Å². The van der Waals surface area contributed by atoms with Gasteiger partial charge in [0.05, 0.1) is 17.7 Å². The average molecular weight is 390 g/mol. The van der Waals surface area contributed by atoms with Crippen molar-refractivity contribution in [2.24, 2.45) is 0 Å². The highest BCUT2D eigenvalue weighted by atomic mass is 79.9. The van der Waals surface area contributed by atoms with E-state index in [-0.39, 0.29) is 17.7 Å². The molecule has 2 aromatic rings. The standard InChI is InChI=1S/C17H12BrNO3S/c18-14-8-2-1-5-12(14)11-19-16(20)15(23-17(19)21)9-3-6-13-7-4-10-22-13/h1-10H,11H2/b6-3+,15-9-. The zero-order chi connectivity index (χ0) is 16.2. The fourth-order valence-electron chi connectivity index (χ4n) is 2.06. The summed E-state index contributed by atoms with van der Waals surface area (Å²) >= 11 is 4.38. The third-order valence-corrected chi connectivity index (χ3v) is 4.91. The first-order chi connectivity index (χ1) is 11.1. The number of thioether (sulfide) groups is 1. The summed E-state index contributed by atoms with van der Waals surface area (Å²) in [5, 5.41) is -0.261. The Labute approximate surface area is 146 Å². The second-order valence-electron chi connectivity index (χ2n) is 4.76. The summed E-state index contributed by atoms with van der Waals surface area (Å²) in [5.74, 6) is 0.411. The molecule has 0 saturated carbocycles. The van der Waals surface area contributed by atoms with Gasteiger partial charge in [0, 0.05) is 4.47 Å². The van der Waals surface area contributed by atoms with Gasteiger partial charge in [0.15, 0.2) is 0 Å². The van der Waals surface area contributed by atoms with Crippen LogP contribution in [0.25, 0.3) is 6.08 Å². The number of benzene rings is 1. The van der Waals surface area contributed by atoms with E-state index in [1.807, 2.05) is 30.3 Å². The molecule has 23 heavy (non-hydrogen) atoms. The Bertz CT molecular complexity index is 796. The number of nitrogens with zero attached hydrogens (tertiary/aromatic N) is 1. The maximum absolute atomic E-state index is 12.4. The normalized spacial score (nSPS) is 16.9. The second kappa shape index (κ2) is 7.02. The van der Waals surface area contributed by atoms with Gasteiger partial charge >= 0.3 is 0 Å². The van der Waals surface area contributed by atoms with Crippen molar-refractivity contribution in [1.29, 1.82) is 0 Å². The summed E-state index contributed by atoms with van der Waals surface area (Å²) in [6, 6.07) is 11.1. The molecule has 0 N–H and O–H groups in total. The zero-order valence-electron chi connectivity index (χ0n) is 11.9. The Morgan fingerprint density at radius 2 is 2.00 bits per heavy atom. The lowest BCUT2D eigenvalue weighted by atomic mass is 10.2. The Balaban J connectivity index is 1.73. The maximum atomic E-state index is 12.4. The van der Waals surface area contributed by atoms with Crippen molar-refractivity contribution in [1.82, 2.24) is 4.90 Å². The average Bonchev–Trinajstić information content (AvgIpc) is 3.13. The molecule has 0 bridgehead atoms. The van der Waals surface area contributed by atoms with E-state index in [1.54, 1.807) is 30.6 Å². The molecule has 0 aliphatic carbocycles. The summed E-state index contributed by atoms with van der Waals surface area (Å²) in [6.45, 7) is 0.255. The number of hydrogen-bond acceptors (Lipinski definition) is 4. The van der Waals surface area contributed by atoms with E-state index in [4.69, 9.17) is 4.42 Å². The van der Waals surface area contributed by atoms with Gasteiger partial charge in [-0.15, -0.1) is 0 Å². The quantitative estimate of drug-likeness (QED) is 0.702. The summed E-state index contributed by atoms with van der Waals surface area (Å²) in [7, 11) is 0. The van der Waals surface area contributed by atoms with Gasteiger partial charge in [-0.2, -0.15) is 0 Å². The molecule has 0 radical (unpaired) electrons. The number of hydrogen-bond donors (Lipinski definition) is 0. The number of furan rings is 1. The second-order valence-corrected chi connectivity index (χ2v) is 6.60. The predicted molar refractivity (Wildman–Crippen MR) is 93.5 cm³/mol. The number of imide groups is 1. The highest BCUT2D eigenvalue weighted by Crippen LogP contribution is 2.32. The van der Waals surface area contributed by atoms with E-state index in [0.717, 1.165) is 21.8 Å². The van der Waals surface area contributed by atoms with Gasteiger partial charge < -0.3 is 4.42 Å². The molecule has 0 spiro atoms. The molecular formula is C17H12BrNO3S. The van der Waals surface area contributed by atoms with Crippen LogP contribution in [0.1, 0.15) is 11.3 Å². The number of rotatable bonds is 4. The van der Waals surface area contributed by atoms with Crippen LogP contribution in [0.3, 0.4) is 0 Å². The number of amides is 2. The van der Waals surface area contributed by atoms with Gasteiger partial charge in [0.25, 0.3) is 11.1 Å². The number of carbonyl (C=O) groups is 2. The van der Waals surface area contributed by atoms with E-state index >= 15 is 0 Å². The molecule has 1 aromatic heterocycles. The monoisotopic (exact) mass is 389 g/mol. The number of allylic oxidation sites excluding steroid dienone is 2.